The number of hydrogen-bond acceptors (Lipinski definition) is 7. The lowest BCUT2D eigenvalue weighted by Gasteiger charge is -2.26. The van der Waals surface area contributed by atoms with Gasteiger partial charge in [0, 0.05) is 0 Å². The van der Waals surface area contributed by atoms with E-state index in [4.69, 9.17) is 19.3 Å². The fourth-order valence-electron chi connectivity index (χ4n) is 3.35. The Hall–Kier alpha value is -1.64. The van der Waals surface area contributed by atoms with Crippen LogP contribution in [0, 0.1) is 0 Å². The summed E-state index contributed by atoms with van der Waals surface area (Å²) in [5.74, 6) is -1.84. The summed E-state index contributed by atoms with van der Waals surface area (Å²) in [5, 5.41) is 28.3. The Morgan fingerprint density at radius 2 is 1.77 bits per heavy atom. The lowest BCUT2D eigenvalue weighted by atomic mass is 10.1. The van der Waals surface area contributed by atoms with Crippen molar-refractivity contribution in [2.45, 2.75) is 102 Å². The second-order valence-corrected chi connectivity index (χ2v) is 7.71. The highest BCUT2D eigenvalue weighted by Gasteiger charge is 2.44. The molecule has 1 fully saturated rings. The van der Waals surface area contributed by atoms with E-state index in [0.29, 0.717) is 0 Å². The molecule has 1 aliphatic rings. The van der Waals surface area contributed by atoms with Gasteiger partial charge >= 0.3 is 11.9 Å². The van der Waals surface area contributed by atoms with Gasteiger partial charge in [-0.05, 0) is 18.9 Å². The van der Waals surface area contributed by atoms with E-state index in [1.807, 2.05) is 6.08 Å². The van der Waals surface area contributed by atoms with E-state index in [-0.39, 0.29) is 26.1 Å². The second kappa shape index (κ2) is 16.1. The minimum Gasteiger partial charge on any atom is -0.493 e. The number of carbonyl (C=O) groups excluding carboxylic acids is 1. The predicted octanol–water partition coefficient (Wildman–Crippen LogP) is 2.94. The van der Waals surface area contributed by atoms with Crippen molar-refractivity contribution in [2.75, 3.05) is 13.2 Å². The van der Waals surface area contributed by atoms with Gasteiger partial charge in [-0.3, -0.25) is 9.59 Å². The zero-order valence-electron chi connectivity index (χ0n) is 18.0. The molecule has 0 aromatic heterocycles. The first-order valence-corrected chi connectivity index (χ1v) is 11.1. The molecule has 4 atom stereocenters. The molecule has 30 heavy (non-hydrogen) atoms. The Morgan fingerprint density at radius 1 is 1.10 bits per heavy atom. The normalized spacial score (nSPS) is 22.3. The van der Waals surface area contributed by atoms with Gasteiger partial charge in [-0.2, -0.15) is 0 Å². The molecule has 0 unspecified atom stereocenters. The molecule has 1 aliphatic heterocycles. The van der Waals surface area contributed by atoms with Crippen LogP contribution in [-0.4, -0.2) is 64.9 Å². The molecule has 0 radical (unpaired) electrons. The maximum Gasteiger partial charge on any atom is 0.306 e. The minimum absolute atomic E-state index is 0.0522. The van der Waals surface area contributed by atoms with Crippen LogP contribution in [0.5, 0.6) is 0 Å². The number of carboxylic acid groups (broad SMARTS) is 1. The van der Waals surface area contributed by atoms with Gasteiger partial charge in [0.05, 0.1) is 32.3 Å². The second-order valence-electron chi connectivity index (χ2n) is 7.71. The van der Waals surface area contributed by atoms with Gasteiger partial charge in [0.2, 0.25) is 0 Å². The van der Waals surface area contributed by atoms with Crippen molar-refractivity contribution < 1.29 is 39.1 Å². The zero-order chi connectivity index (χ0) is 22.2. The molecule has 0 aromatic carbocycles. The monoisotopic (exact) mass is 430 g/mol. The number of aliphatic hydroxyl groups is 2. The van der Waals surface area contributed by atoms with Crippen molar-refractivity contribution in [1.82, 2.24) is 0 Å². The summed E-state index contributed by atoms with van der Waals surface area (Å²) < 4.78 is 16.2. The Labute approximate surface area is 179 Å². The minimum atomic E-state index is -1.11. The van der Waals surface area contributed by atoms with Crippen molar-refractivity contribution >= 4 is 11.9 Å². The van der Waals surface area contributed by atoms with E-state index in [2.05, 4.69) is 6.92 Å². The van der Waals surface area contributed by atoms with Gasteiger partial charge in [-0.25, -0.2) is 0 Å². The maximum atomic E-state index is 11.8. The van der Waals surface area contributed by atoms with E-state index in [1.165, 1.54) is 51.2 Å². The van der Waals surface area contributed by atoms with Crippen molar-refractivity contribution in [3.05, 3.63) is 12.3 Å². The number of hydrogen-bond donors (Lipinski definition) is 3. The van der Waals surface area contributed by atoms with Crippen LogP contribution in [0.1, 0.15) is 77.6 Å². The Balaban J connectivity index is 2.31. The van der Waals surface area contributed by atoms with Gasteiger partial charge in [0.15, 0.2) is 12.2 Å². The molecule has 8 heteroatoms. The van der Waals surface area contributed by atoms with E-state index >= 15 is 0 Å². The summed E-state index contributed by atoms with van der Waals surface area (Å²) in [6.45, 7) is 1.79. The highest BCUT2D eigenvalue weighted by atomic mass is 16.6. The highest BCUT2D eigenvalue weighted by molar-refractivity contribution is 5.76. The molecular weight excluding hydrogens is 392 g/mol. The van der Waals surface area contributed by atoms with Gasteiger partial charge in [-0.15, -0.1) is 0 Å². The van der Waals surface area contributed by atoms with Gasteiger partial charge < -0.3 is 29.5 Å². The predicted molar refractivity (Wildman–Crippen MR) is 111 cm³/mol. The van der Waals surface area contributed by atoms with Crippen molar-refractivity contribution in [2.24, 2.45) is 0 Å². The molecule has 1 heterocycles. The molecule has 1 saturated heterocycles. The number of aliphatic carboxylic acids is 1. The quantitative estimate of drug-likeness (QED) is 0.183. The summed E-state index contributed by atoms with van der Waals surface area (Å²) >= 11 is 0. The number of carboxylic acids is 1. The number of carbonyl (C=O) groups is 2. The largest absolute Gasteiger partial charge is 0.493 e. The van der Waals surface area contributed by atoms with E-state index in [0.717, 1.165) is 12.8 Å². The topological polar surface area (TPSA) is 123 Å². The number of ether oxygens (including phenoxy) is 3. The van der Waals surface area contributed by atoms with Gasteiger partial charge in [-0.1, -0.05) is 51.9 Å². The lowest BCUT2D eigenvalue weighted by molar-refractivity contribution is -0.162. The molecule has 0 aromatic rings. The van der Waals surface area contributed by atoms with Crippen LogP contribution in [0.25, 0.3) is 0 Å². The van der Waals surface area contributed by atoms with Gasteiger partial charge in [0.1, 0.15) is 12.2 Å². The smallest absolute Gasteiger partial charge is 0.306 e. The van der Waals surface area contributed by atoms with E-state index < -0.39 is 36.4 Å². The third kappa shape index (κ3) is 10.9. The van der Waals surface area contributed by atoms with Crippen LogP contribution in [-0.2, 0) is 23.8 Å². The van der Waals surface area contributed by atoms with E-state index in [1.54, 1.807) is 0 Å². The molecular formula is C22H38O8. The van der Waals surface area contributed by atoms with E-state index in [9.17, 15) is 19.8 Å². The molecule has 0 aliphatic carbocycles. The van der Waals surface area contributed by atoms with Gasteiger partial charge in [0.25, 0.3) is 0 Å². The summed E-state index contributed by atoms with van der Waals surface area (Å²) in [5.41, 5.74) is 0. The molecule has 174 valence electrons. The number of allylic oxidation sites excluding steroid dienone is 1. The van der Waals surface area contributed by atoms with Crippen molar-refractivity contribution in [3.8, 4) is 0 Å². The van der Waals surface area contributed by atoms with Crippen LogP contribution in [0.2, 0.25) is 0 Å². The molecule has 0 bridgehead atoms. The molecule has 0 spiro atoms. The average Bonchev–Trinajstić information content (AvgIpc) is 3.07. The number of rotatable bonds is 17. The Kier molecular flexibility index (Phi) is 14.2. The number of unbranched alkanes of at least 4 members (excludes halogenated alkanes) is 8. The first-order valence-electron chi connectivity index (χ1n) is 11.1. The molecule has 0 amide bonds. The fourth-order valence-corrected chi connectivity index (χ4v) is 3.35. The first kappa shape index (κ1) is 26.4. The highest BCUT2D eigenvalue weighted by Crippen LogP contribution is 2.23. The summed E-state index contributed by atoms with van der Waals surface area (Å²) in [7, 11) is 0. The van der Waals surface area contributed by atoms with Crippen LogP contribution in [0.4, 0.5) is 0 Å². The lowest BCUT2D eigenvalue weighted by Crippen LogP contribution is -2.44. The Morgan fingerprint density at radius 3 is 2.40 bits per heavy atom. The van der Waals surface area contributed by atoms with Crippen LogP contribution in [0.3, 0.4) is 0 Å². The zero-order valence-corrected chi connectivity index (χ0v) is 18.0. The standard InChI is InChI=1S/C22H38O8/c1-2-3-4-5-6-7-8-9-10-11-14-28-18(15-23)22-21(17(24)16-29-22)30-20(27)13-12-19(25)26/h11,14,17-18,21-24H,2-10,12-13,15-16H2,1H3,(H,25,26)/t17-,18+,21+,22+/m0/s1. The molecule has 1 rings (SSSR count). The summed E-state index contributed by atoms with van der Waals surface area (Å²) in [4.78, 5) is 22.4. The number of esters is 1. The molecule has 8 nitrogen and oxygen atoms in total. The molecule has 0 saturated carbocycles. The Bertz CT molecular complexity index is 507. The fraction of sp³-hybridized carbons (Fsp3) is 0.818. The SMILES string of the molecule is CCCCCCCCCCC=CO[C@H](CO)[C@H]1OC[C@H](O)[C@H]1OC(=O)CCC(=O)O. The molecule has 3 N–H and O–H groups in total. The van der Waals surface area contributed by atoms with Crippen molar-refractivity contribution in [3.63, 3.8) is 0 Å². The summed E-state index contributed by atoms with van der Waals surface area (Å²) in [6.07, 6.45) is 9.90. The first-order chi connectivity index (χ1) is 14.5. The maximum absolute atomic E-state index is 11.8. The number of aliphatic hydroxyl groups excluding tert-OH is 2. The average molecular weight is 431 g/mol. The van der Waals surface area contributed by atoms with Crippen LogP contribution < -0.4 is 0 Å². The van der Waals surface area contributed by atoms with Crippen LogP contribution >= 0.6 is 0 Å². The van der Waals surface area contributed by atoms with Crippen LogP contribution in [0.15, 0.2) is 12.3 Å². The van der Waals surface area contributed by atoms with Crippen molar-refractivity contribution in [1.29, 1.82) is 0 Å². The summed E-state index contributed by atoms with van der Waals surface area (Å²) in [6, 6.07) is 0. The third-order valence-electron chi connectivity index (χ3n) is 5.09. The third-order valence-corrected chi connectivity index (χ3v) is 5.09.